The van der Waals surface area contributed by atoms with Crippen molar-refractivity contribution < 1.29 is 19.2 Å². The van der Waals surface area contributed by atoms with Gasteiger partial charge in [0.25, 0.3) is 5.91 Å². The van der Waals surface area contributed by atoms with Gasteiger partial charge < -0.3 is 15.0 Å². The molecule has 0 bridgehead atoms. The van der Waals surface area contributed by atoms with E-state index in [0.717, 1.165) is 30.2 Å². The van der Waals surface area contributed by atoms with E-state index in [1.54, 1.807) is 16.5 Å². The highest BCUT2D eigenvalue weighted by molar-refractivity contribution is 5.94. The molecular formula is C16H28N5O3+. The van der Waals surface area contributed by atoms with E-state index in [1.807, 2.05) is 27.8 Å². The molecule has 0 spiro atoms. The Hall–Kier alpha value is -2.09. The van der Waals surface area contributed by atoms with Crippen LogP contribution in [0.15, 0.2) is 0 Å². The van der Waals surface area contributed by atoms with Crippen molar-refractivity contribution in [3.05, 3.63) is 11.4 Å². The lowest BCUT2D eigenvalue weighted by molar-refractivity contribution is -0.917. The van der Waals surface area contributed by atoms with Gasteiger partial charge in [-0.2, -0.15) is 5.10 Å². The standard InChI is InChI=1S/C16H27N5O3/c1-6-24-16(23)21-9-7-20(8-10-21)13(4)15(22)17-14-11(2)18-19(5)12(14)3/h13H,6-10H2,1-5H3,(H,17,22)/p+1/t13-/m1/s1. The summed E-state index contributed by atoms with van der Waals surface area (Å²) in [6.45, 7) is 10.6. The summed E-state index contributed by atoms with van der Waals surface area (Å²) >= 11 is 0. The second-order valence-electron chi connectivity index (χ2n) is 6.22. The fraction of sp³-hybridized carbons (Fsp3) is 0.688. The monoisotopic (exact) mass is 338 g/mol. The molecule has 0 saturated carbocycles. The zero-order valence-corrected chi connectivity index (χ0v) is 15.2. The Labute approximate surface area is 142 Å². The van der Waals surface area contributed by atoms with E-state index in [1.165, 1.54) is 4.90 Å². The van der Waals surface area contributed by atoms with Crippen molar-refractivity contribution in [3.8, 4) is 0 Å². The van der Waals surface area contributed by atoms with Crippen LogP contribution in [0, 0.1) is 13.8 Å². The zero-order valence-electron chi connectivity index (χ0n) is 15.2. The number of carbonyl (C=O) groups is 2. The Morgan fingerprint density at radius 1 is 1.33 bits per heavy atom. The van der Waals surface area contributed by atoms with Crippen molar-refractivity contribution in [1.82, 2.24) is 14.7 Å². The maximum absolute atomic E-state index is 12.6. The number of ether oxygens (including phenoxy) is 1. The fourth-order valence-corrected chi connectivity index (χ4v) is 3.00. The van der Waals surface area contributed by atoms with E-state index in [4.69, 9.17) is 4.74 Å². The van der Waals surface area contributed by atoms with Gasteiger partial charge >= 0.3 is 6.09 Å². The van der Waals surface area contributed by atoms with E-state index >= 15 is 0 Å². The molecule has 1 aromatic rings. The number of nitrogens with zero attached hydrogens (tertiary/aromatic N) is 3. The summed E-state index contributed by atoms with van der Waals surface area (Å²) in [5.74, 6) is -0.0196. The van der Waals surface area contributed by atoms with E-state index < -0.39 is 0 Å². The third-order valence-electron chi connectivity index (χ3n) is 4.69. The van der Waals surface area contributed by atoms with Crippen molar-refractivity contribution in [1.29, 1.82) is 0 Å². The summed E-state index contributed by atoms with van der Waals surface area (Å²) < 4.78 is 6.79. The Kier molecular flexibility index (Phi) is 5.82. The zero-order chi connectivity index (χ0) is 17.9. The number of anilines is 1. The van der Waals surface area contributed by atoms with Gasteiger partial charge in [0, 0.05) is 7.05 Å². The second kappa shape index (κ2) is 7.65. The number of piperazine rings is 1. The molecule has 0 aromatic carbocycles. The number of hydrogen-bond acceptors (Lipinski definition) is 4. The second-order valence-corrected chi connectivity index (χ2v) is 6.22. The largest absolute Gasteiger partial charge is 0.450 e. The average Bonchev–Trinajstić information content (AvgIpc) is 2.80. The number of carbonyl (C=O) groups excluding carboxylic acids is 2. The molecule has 2 rings (SSSR count). The first kappa shape index (κ1) is 18.3. The van der Waals surface area contributed by atoms with Gasteiger partial charge in [0.2, 0.25) is 0 Å². The Morgan fingerprint density at radius 2 is 1.96 bits per heavy atom. The molecule has 24 heavy (non-hydrogen) atoms. The van der Waals surface area contributed by atoms with Crippen LogP contribution in [0.4, 0.5) is 10.5 Å². The summed E-state index contributed by atoms with van der Waals surface area (Å²) in [5.41, 5.74) is 2.55. The summed E-state index contributed by atoms with van der Waals surface area (Å²) in [6.07, 6.45) is -0.268. The third-order valence-corrected chi connectivity index (χ3v) is 4.69. The number of aryl methyl sites for hydroxylation is 2. The molecule has 1 aromatic heterocycles. The first-order chi connectivity index (χ1) is 11.3. The normalized spacial score (nSPS) is 16.8. The van der Waals surface area contributed by atoms with Gasteiger partial charge in [-0.1, -0.05) is 0 Å². The number of amides is 2. The molecule has 1 aliphatic rings. The van der Waals surface area contributed by atoms with Gasteiger partial charge in [-0.3, -0.25) is 14.4 Å². The van der Waals surface area contributed by atoms with Gasteiger partial charge in [-0.25, -0.2) is 4.79 Å². The number of quaternary nitrogens is 1. The molecule has 0 unspecified atom stereocenters. The SMILES string of the molecule is CCOC(=O)N1CC[NH+]([C@H](C)C(=O)Nc2c(C)nn(C)c2C)CC1. The Bertz CT molecular complexity index is 605. The number of hydrogen-bond donors (Lipinski definition) is 2. The molecule has 1 saturated heterocycles. The van der Waals surface area contributed by atoms with E-state index in [2.05, 4.69) is 10.4 Å². The molecule has 8 heteroatoms. The quantitative estimate of drug-likeness (QED) is 0.791. The lowest BCUT2D eigenvalue weighted by Gasteiger charge is -2.34. The first-order valence-electron chi connectivity index (χ1n) is 8.42. The smallest absolute Gasteiger partial charge is 0.410 e. The van der Waals surface area contributed by atoms with Crippen molar-refractivity contribution in [2.24, 2.45) is 7.05 Å². The summed E-state index contributed by atoms with van der Waals surface area (Å²) in [4.78, 5) is 27.2. The van der Waals surface area contributed by atoms with Crippen molar-refractivity contribution >= 4 is 17.7 Å². The summed E-state index contributed by atoms with van der Waals surface area (Å²) in [7, 11) is 1.86. The number of rotatable bonds is 4. The van der Waals surface area contributed by atoms with Crippen LogP contribution in [0.5, 0.6) is 0 Å². The van der Waals surface area contributed by atoms with Crippen LogP contribution in [-0.2, 0) is 16.6 Å². The number of aromatic nitrogens is 2. The lowest BCUT2D eigenvalue weighted by atomic mass is 10.2. The van der Waals surface area contributed by atoms with Crippen LogP contribution < -0.4 is 10.2 Å². The molecule has 0 aliphatic carbocycles. The first-order valence-corrected chi connectivity index (χ1v) is 8.42. The maximum atomic E-state index is 12.6. The number of nitrogens with one attached hydrogen (secondary N) is 2. The fourth-order valence-electron chi connectivity index (χ4n) is 3.00. The van der Waals surface area contributed by atoms with Crippen molar-refractivity contribution in [3.63, 3.8) is 0 Å². The predicted octanol–water partition coefficient (Wildman–Crippen LogP) is -0.279. The predicted molar refractivity (Wildman–Crippen MR) is 90.1 cm³/mol. The molecular weight excluding hydrogens is 310 g/mol. The minimum absolute atomic E-state index is 0.0196. The van der Waals surface area contributed by atoms with Crippen LogP contribution in [0.2, 0.25) is 0 Å². The van der Waals surface area contributed by atoms with Gasteiger partial charge in [0.05, 0.1) is 49.9 Å². The van der Waals surface area contributed by atoms with Crippen LogP contribution in [0.1, 0.15) is 25.2 Å². The van der Waals surface area contributed by atoms with E-state index in [9.17, 15) is 9.59 Å². The van der Waals surface area contributed by atoms with E-state index in [0.29, 0.717) is 19.7 Å². The highest BCUT2D eigenvalue weighted by atomic mass is 16.6. The molecule has 2 heterocycles. The molecule has 0 radical (unpaired) electrons. The minimum Gasteiger partial charge on any atom is -0.450 e. The van der Waals surface area contributed by atoms with E-state index in [-0.39, 0.29) is 18.0 Å². The van der Waals surface area contributed by atoms with Crippen LogP contribution >= 0.6 is 0 Å². The van der Waals surface area contributed by atoms with Crippen molar-refractivity contribution in [2.75, 3.05) is 38.1 Å². The maximum Gasteiger partial charge on any atom is 0.410 e. The van der Waals surface area contributed by atoms with Gasteiger partial charge in [0.15, 0.2) is 6.04 Å². The Balaban J connectivity index is 1.91. The van der Waals surface area contributed by atoms with Crippen molar-refractivity contribution in [2.45, 2.75) is 33.7 Å². The van der Waals surface area contributed by atoms with Crippen LogP contribution in [-0.4, -0.2) is 65.5 Å². The molecule has 134 valence electrons. The third kappa shape index (κ3) is 3.87. The average molecular weight is 338 g/mol. The summed E-state index contributed by atoms with van der Waals surface area (Å²) in [6, 6.07) is -0.187. The molecule has 2 N–H and O–H groups in total. The van der Waals surface area contributed by atoms with Crippen LogP contribution in [0.25, 0.3) is 0 Å². The molecule has 1 fully saturated rings. The van der Waals surface area contributed by atoms with Gasteiger partial charge in [-0.15, -0.1) is 0 Å². The lowest BCUT2D eigenvalue weighted by Crippen LogP contribution is -3.19. The highest BCUT2D eigenvalue weighted by Gasteiger charge is 2.31. The molecule has 1 aliphatic heterocycles. The van der Waals surface area contributed by atoms with Gasteiger partial charge in [0.1, 0.15) is 0 Å². The molecule has 8 nitrogen and oxygen atoms in total. The molecule has 2 amide bonds. The summed E-state index contributed by atoms with van der Waals surface area (Å²) in [5, 5.41) is 7.32. The minimum atomic E-state index is -0.268. The molecule has 1 atom stereocenters. The topological polar surface area (TPSA) is 80.9 Å². The Morgan fingerprint density at radius 3 is 2.46 bits per heavy atom. The van der Waals surface area contributed by atoms with Crippen LogP contribution in [0.3, 0.4) is 0 Å². The van der Waals surface area contributed by atoms with Gasteiger partial charge in [-0.05, 0) is 27.7 Å². The highest BCUT2D eigenvalue weighted by Crippen LogP contribution is 2.18.